The summed E-state index contributed by atoms with van der Waals surface area (Å²) in [5, 5.41) is 10.0. The van der Waals surface area contributed by atoms with Gasteiger partial charge in [0, 0.05) is 30.7 Å². The first-order chi connectivity index (χ1) is 11.7. The standard InChI is InChI=1S/C18H21FN4O/c19-13-3-1-12(2-4-13)16-11-17(22-21-16)18(24)20-14-7-9-23(10-8-14)15-5-6-15/h1-4,11,14-15H,5-10H2,(H,20,24)(H,21,22). The molecule has 1 aromatic carbocycles. The molecule has 24 heavy (non-hydrogen) atoms. The molecule has 0 radical (unpaired) electrons. The summed E-state index contributed by atoms with van der Waals surface area (Å²) in [5.41, 5.74) is 1.87. The van der Waals surface area contributed by atoms with E-state index >= 15 is 0 Å². The normalized spacial score (nSPS) is 19.4. The van der Waals surface area contributed by atoms with E-state index in [1.54, 1.807) is 18.2 Å². The Balaban J connectivity index is 1.35. The Bertz CT molecular complexity index is 715. The fourth-order valence-corrected chi connectivity index (χ4v) is 3.32. The summed E-state index contributed by atoms with van der Waals surface area (Å²) < 4.78 is 13.0. The highest BCUT2D eigenvalue weighted by molar-refractivity contribution is 5.93. The van der Waals surface area contributed by atoms with E-state index in [0.717, 1.165) is 37.5 Å². The largest absolute Gasteiger partial charge is 0.348 e. The van der Waals surface area contributed by atoms with Crippen molar-refractivity contribution in [2.75, 3.05) is 13.1 Å². The van der Waals surface area contributed by atoms with Crippen LogP contribution in [0.1, 0.15) is 36.2 Å². The number of H-pyrrole nitrogens is 1. The number of hydrogen-bond acceptors (Lipinski definition) is 3. The molecular formula is C18H21FN4O. The summed E-state index contributed by atoms with van der Waals surface area (Å²) in [6, 6.07) is 8.82. The van der Waals surface area contributed by atoms with Crippen LogP contribution < -0.4 is 5.32 Å². The number of hydrogen-bond donors (Lipinski definition) is 2. The number of halogens is 1. The molecule has 6 heteroatoms. The molecule has 2 aromatic rings. The summed E-state index contributed by atoms with van der Waals surface area (Å²) in [6.45, 7) is 2.14. The Morgan fingerprint density at radius 2 is 1.88 bits per heavy atom. The molecule has 2 N–H and O–H groups in total. The van der Waals surface area contributed by atoms with E-state index in [9.17, 15) is 9.18 Å². The van der Waals surface area contributed by atoms with Gasteiger partial charge in [-0.1, -0.05) is 0 Å². The highest BCUT2D eigenvalue weighted by Gasteiger charge is 2.32. The highest BCUT2D eigenvalue weighted by Crippen LogP contribution is 2.29. The molecule has 4 rings (SSSR count). The molecule has 0 bridgehead atoms. The second-order valence-electron chi connectivity index (χ2n) is 6.69. The molecule has 1 aliphatic heterocycles. The van der Waals surface area contributed by atoms with Crippen LogP contribution in [0.2, 0.25) is 0 Å². The van der Waals surface area contributed by atoms with Gasteiger partial charge in [-0.25, -0.2) is 4.39 Å². The highest BCUT2D eigenvalue weighted by atomic mass is 19.1. The van der Waals surface area contributed by atoms with Crippen molar-refractivity contribution in [3.63, 3.8) is 0 Å². The van der Waals surface area contributed by atoms with Crippen LogP contribution in [0.4, 0.5) is 4.39 Å². The van der Waals surface area contributed by atoms with Crippen LogP contribution in [0.3, 0.4) is 0 Å². The minimum absolute atomic E-state index is 0.124. The average Bonchev–Trinajstić information content (AvgIpc) is 3.33. The zero-order valence-corrected chi connectivity index (χ0v) is 13.5. The number of nitrogens with one attached hydrogen (secondary N) is 2. The molecule has 1 aromatic heterocycles. The van der Waals surface area contributed by atoms with Crippen molar-refractivity contribution < 1.29 is 9.18 Å². The van der Waals surface area contributed by atoms with Gasteiger partial charge in [0.25, 0.3) is 5.91 Å². The van der Waals surface area contributed by atoms with Crippen molar-refractivity contribution in [2.45, 2.75) is 37.8 Å². The van der Waals surface area contributed by atoms with E-state index < -0.39 is 0 Å². The van der Waals surface area contributed by atoms with Crippen LogP contribution in [0.25, 0.3) is 11.3 Å². The fraction of sp³-hybridized carbons (Fsp3) is 0.444. The Labute approximate surface area is 140 Å². The molecule has 1 aliphatic carbocycles. The zero-order valence-electron chi connectivity index (χ0n) is 13.5. The van der Waals surface area contributed by atoms with Crippen LogP contribution in [-0.2, 0) is 0 Å². The van der Waals surface area contributed by atoms with Gasteiger partial charge in [0.05, 0.1) is 5.69 Å². The first-order valence-corrected chi connectivity index (χ1v) is 8.55. The number of aromatic nitrogens is 2. The van der Waals surface area contributed by atoms with Gasteiger partial charge in [0.2, 0.25) is 0 Å². The summed E-state index contributed by atoms with van der Waals surface area (Å²) in [5.74, 6) is -0.412. The molecule has 2 fully saturated rings. The van der Waals surface area contributed by atoms with Crippen LogP contribution in [-0.4, -0.2) is 46.2 Å². The van der Waals surface area contributed by atoms with E-state index in [1.807, 2.05) is 0 Å². The molecule has 1 amide bonds. The molecule has 1 saturated heterocycles. The lowest BCUT2D eigenvalue weighted by atomic mass is 10.0. The molecule has 0 atom stereocenters. The number of nitrogens with zero attached hydrogens (tertiary/aromatic N) is 2. The van der Waals surface area contributed by atoms with Crippen molar-refractivity contribution >= 4 is 5.91 Å². The third-order valence-corrected chi connectivity index (χ3v) is 4.89. The third-order valence-electron chi connectivity index (χ3n) is 4.89. The minimum Gasteiger partial charge on any atom is -0.348 e. The Hall–Kier alpha value is -2.21. The molecule has 2 aliphatic rings. The number of carbonyl (C=O) groups is 1. The SMILES string of the molecule is O=C(NC1CCN(C2CC2)CC1)c1cc(-c2ccc(F)cc2)n[nH]1. The summed E-state index contributed by atoms with van der Waals surface area (Å²) in [4.78, 5) is 14.9. The maximum Gasteiger partial charge on any atom is 0.269 e. The number of likely N-dealkylation sites (tertiary alicyclic amines) is 1. The molecule has 5 nitrogen and oxygen atoms in total. The second kappa shape index (κ2) is 6.36. The third kappa shape index (κ3) is 3.33. The van der Waals surface area contributed by atoms with Gasteiger partial charge in [0.15, 0.2) is 0 Å². The van der Waals surface area contributed by atoms with Crippen LogP contribution >= 0.6 is 0 Å². The van der Waals surface area contributed by atoms with E-state index in [0.29, 0.717) is 11.4 Å². The van der Waals surface area contributed by atoms with Gasteiger partial charge in [-0.3, -0.25) is 9.89 Å². The smallest absolute Gasteiger partial charge is 0.269 e. The van der Waals surface area contributed by atoms with E-state index in [4.69, 9.17) is 0 Å². The number of rotatable bonds is 4. The first kappa shape index (κ1) is 15.3. The minimum atomic E-state index is -0.287. The van der Waals surface area contributed by atoms with E-state index in [2.05, 4.69) is 20.4 Å². The van der Waals surface area contributed by atoms with Crippen LogP contribution in [0.15, 0.2) is 30.3 Å². The van der Waals surface area contributed by atoms with E-state index in [1.165, 1.54) is 25.0 Å². The molecular weight excluding hydrogens is 307 g/mol. The monoisotopic (exact) mass is 328 g/mol. The van der Waals surface area contributed by atoms with Crippen molar-refractivity contribution in [1.82, 2.24) is 20.4 Å². The number of carbonyl (C=O) groups excluding carboxylic acids is 1. The van der Waals surface area contributed by atoms with Gasteiger partial charge in [-0.2, -0.15) is 5.10 Å². The van der Waals surface area contributed by atoms with Crippen molar-refractivity contribution in [3.8, 4) is 11.3 Å². The Morgan fingerprint density at radius 1 is 1.17 bits per heavy atom. The lowest BCUT2D eigenvalue weighted by Gasteiger charge is -2.32. The van der Waals surface area contributed by atoms with Crippen molar-refractivity contribution in [3.05, 3.63) is 41.8 Å². The van der Waals surface area contributed by atoms with Gasteiger partial charge >= 0.3 is 0 Å². The predicted molar refractivity (Wildman–Crippen MR) is 89.1 cm³/mol. The lowest BCUT2D eigenvalue weighted by molar-refractivity contribution is 0.0904. The summed E-state index contributed by atoms with van der Waals surface area (Å²) >= 11 is 0. The van der Waals surface area contributed by atoms with Gasteiger partial charge in [-0.05, 0) is 56.0 Å². The van der Waals surface area contributed by atoms with Crippen LogP contribution in [0.5, 0.6) is 0 Å². The number of benzene rings is 1. The van der Waals surface area contributed by atoms with Gasteiger partial charge in [-0.15, -0.1) is 0 Å². The van der Waals surface area contributed by atoms with Crippen LogP contribution in [0, 0.1) is 5.82 Å². The van der Waals surface area contributed by atoms with Crippen molar-refractivity contribution in [1.29, 1.82) is 0 Å². The Morgan fingerprint density at radius 3 is 2.54 bits per heavy atom. The molecule has 0 unspecified atom stereocenters. The first-order valence-electron chi connectivity index (χ1n) is 8.55. The van der Waals surface area contributed by atoms with Crippen molar-refractivity contribution in [2.24, 2.45) is 0 Å². The summed E-state index contributed by atoms with van der Waals surface area (Å²) in [7, 11) is 0. The summed E-state index contributed by atoms with van der Waals surface area (Å²) in [6.07, 6.45) is 4.66. The second-order valence-corrected chi connectivity index (χ2v) is 6.69. The lowest BCUT2D eigenvalue weighted by Crippen LogP contribution is -2.45. The number of piperidine rings is 1. The van der Waals surface area contributed by atoms with Gasteiger partial charge < -0.3 is 10.2 Å². The maximum atomic E-state index is 13.0. The number of aromatic amines is 1. The number of amides is 1. The quantitative estimate of drug-likeness (QED) is 0.907. The molecule has 126 valence electrons. The molecule has 0 spiro atoms. The predicted octanol–water partition coefficient (Wildman–Crippen LogP) is 2.57. The fourth-order valence-electron chi connectivity index (χ4n) is 3.32. The Kier molecular flexibility index (Phi) is 4.06. The van der Waals surface area contributed by atoms with Gasteiger partial charge in [0.1, 0.15) is 11.5 Å². The average molecular weight is 328 g/mol. The zero-order chi connectivity index (χ0) is 16.5. The molecule has 2 heterocycles. The topological polar surface area (TPSA) is 61.0 Å². The van der Waals surface area contributed by atoms with E-state index in [-0.39, 0.29) is 17.8 Å². The molecule has 1 saturated carbocycles. The maximum absolute atomic E-state index is 13.0.